The van der Waals surface area contributed by atoms with Crippen LogP contribution in [0.25, 0.3) is 10.9 Å². The standard InChI is InChI=1S/C9H6N.BrH.Zn/c1-2-6-9-8(4-1)5-3-7-10-9;;/h1-3,5-7H;1H;/q-1;;+2/p-1. The zero-order chi connectivity index (χ0) is 8.81. The maximum atomic E-state index is 4.15. The first-order valence-corrected chi connectivity index (χ1v) is 10.4. The maximum absolute atomic E-state index is 4.15. The van der Waals surface area contributed by atoms with E-state index in [1.165, 1.54) is 16.3 Å². The molecule has 0 aliphatic carbocycles. The Morgan fingerprint density at radius 2 is 2.08 bits per heavy atom. The molecule has 0 N–H and O–H groups in total. The molecular weight excluding hydrogens is 267 g/mol. The average Bonchev–Trinajstić information content (AvgIpc) is 2.21. The Kier molecular flexibility index (Phi) is 4.41. The fraction of sp³-hybridized carbons (Fsp3) is 0. The molecule has 0 aliphatic rings. The third-order valence-corrected chi connectivity index (χ3v) is 1.43. The Labute approximate surface area is 88.2 Å². The van der Waals surface area contributed by atoms with Crippen molar-refractivity contribution in [3.05, 3.63) is 42.6 Å². The molecule has 1 aromatic carbocycles. The van der Waals surface area contributed by atoms with Crippen LogP contribution < -0.4 is 0 Å². The first kappa shape index (κ1) is 9.82. The molecule has 0 unspecified atom stereocenters. The van der Waals surface area contributed by atoms with Gasteiger partial charge in [0, 0.05) is 6.20 Å². The molecule has 12 heavy (non-hydrogen) atoms. The molecule has 56 valence electrons. The number of halogens is 1. The molecule has 2 rings (SSSR count). The topological polar surface area (TPSA) is 12.9 Å². The number of fused-ring (bicyclic) bond motifs is 1. The summed E-state index contributed by atoms with van der Waals surface area (Å²) in [6, 6.07) is 12.8. The van der Waals surface area contributed by atoms with Crippen molar-refractivity contribution in [2.75, 3.05) is 0 Å². The minimum absolute atomic E-state index is 1.00. The van der Waals surface area contributed by atoms with Gasteiger partial charge in [-0.05, 0) is 5.52 Å². The normalized spacial score (nSPS) is 8.92. The van der Waals surface area contributed by atoms with E-state index in [1.54, 1.807) is 6.20 Å². The largest absolute Gasteiger partial charge is 0.306 e. The molecule has 0 amide bonds. The first-order valence-electron chi connectivity index (χ1n) is 3.45. The van der Waals surface area contributed by atoms with Gasteiger partial charge in [0.2, 0.25) is 0 Å². The number of hydrogen-bond donors (Lipinski definition) is 0. The predicted molar refractivity (Wildman–Crippen MR) is 49.5 cm³/mol. The summed E-state index contributed by atoms with van der Waals surface area (Å²) >= 11 is 4.25. The van der Waals surface area contributed by atoms with E-state index in [1.807, 2.05) is 30.3 Å². The summed E-state index contributed by atoms with van der Waals surface area (Å²) in [6.07, 6.45) is 1.79. The van der Waals surface area contributed by atoms with E-state index in [0.717, 1.165) is 10.9 Å². The van der Waals surface area contributed by atoms with Gasteiger partial charge in [-0.3, -0.25) is 0 Å². The quantitative estimate of drug-likeness (QED) is 0.531. The van der Waals surface area contributed by atoms with Gasteiger partial charge >= 0.3 is 30.0 Å². The second kappa shape index (κ2) is 5.39. The fourth-order valence-electron chi connectivity index (χ4n) is 0.950. The third-order valence-electron chi connectivity index (χ3n) is 1.43. The second-order valence-electron chi connectivity index (χ2n) is 2.11. The summed E-state index contributed by atoms with van der Waals surface area (Å²) in [5, 5.41) is 1.07. The van der Waals surface area contributed by atoms with E-state index >= 15 is 0 Å². The Bertz CT molecular complexity index is 286. The van der Waals surface area contributed by atoms with Gasteiger partial charge in [-0.2, -0.15) is 0 Å². The van der Waals surface area contributed by atoms with E-state index in [0.29, 0.717) is 0 Å². The summed E-state index contributed by atoms with van der Waals surface area (Å²) in [4.78, 5) is 4.15. The van der Waals surface area contributed by atoms with Gasteiger partial charge < -0.3 is 4.98 Å². The van der Waals surface area contributed by atoms with Gasteiger partial charge in [-0.1, -0.05) is 6.07 Å². The summed E-state index contributed by atoms with van der Waals surface area (Å²) in [7, 11) is 0. The molecule has 0 radical (unpaired) electrons. The Morgan fingerprint density at radius 1 is 1.25 bits per heavy atom. The zero-order valence-corrected chi connectivity index (χ0v) is 11.0. The molecule has 0 saturated heterocycles. The molecule has 0 aliphatic heterocycles. The van der Waals surface area contributed by atoms with Crippen LogP contribution in [0.4, 0.5) is 0 Å². The number of pyridine rings is 1. The minimum atomic E-state index is 1.00. The van der Waals surface area contributed by atoms with E-state index in [9.17, 15) is 0 Å². The molecule has 1 aromatic heterocycles. The molecule has 2 aromatic rings. The van der Waals surface area contributed by atoms with Crippen molar-refractivity contribution in [3.8, 4) is 0 Å². The van der Waals surface area contributed by atoms with Crippen LogP contribution in [0.3, 0.4) is 0 Å². The van der Waals surface area contributed by atoms with Crippen molar-refractivity contribution in [1.82, 2.24) is 4.98 Å². The number of nitrogens with zero attached hydrogens (tertiary/aromatic N) is 1. The van der Waals surface area contributed by atoms with Gasteiger partial charge in [0.25, 0.3) is 0 Å². The van der Waals surface area contributed by atoms with Crippen molar-refractivity contribution in [2.24, 2.45) is 0 Å². The fourth-order valence-corrected chi connectivity index (χ4v) is 0.950. The van der Waals surface area contributed by atoms with Crippen molar-refractivity contribution >= 4 is 24.5 Å². The van der Waals surface area contributed by atoms with Crippen molar-refractivity contribution < 1.29 is 16.3 Å². The van der Waals surface area contributed by atoms with Crippen LogP contribution in [0.2, 0.25) is 0 Å². The van der Waals surface area contributed by atoms with E-state index < -0.39 is 0 Å². The number of benzene rings is 1. The molecule has 1 nitrogen and oxygen atoms in total. The van der Waals surface area contributed by atoms with Gasteiger partial charge in [0.15, 0.2) is 0 Å². The predicted octanol–water partition coefficient (Wildman–Crippen LogP) is 2.88. The Hall–Kier alpha value is -0.267. The molecule has 3 heteroatoms. The zero-order valence-electron chi connectivity index (χ0n) is 6.50. The number of hydrogen-bond acceptors (Lipinski definition) is 1. The summed E-state index contributed by atoms with van der Waals surface area (Å²) in [5.74, 6) is 0. The van der Waals surface area contributed by atoms with Crippen LogP contribution in [-0.4, -0.2) is 4.98 Å². The summed E-state index contributed by atoms with van der Waals surface area (Å²) < 4.78 is 0. The van der Waals surface area contributed by atoms with Crippen LogP contribution in [0.5, 0.6) is 0 Å². The number of aromatic nitrogens is 1. The monoisotopic (exact) mass is 271 g/mol. The first-order chi connectivity index (χ1) is 5.97. The molecular formula is C9H6BrNZn. The molecule has 0 fully saturated rings. The van der Waals surface area contributed by atoms with Crippen molar-refractivity contribution in [1.29, 1.82) is 0 Å². The second-order valence-corrected chi connectivity index (χ2v) is 2.11. The maximum Gasteiger partial charge on any atom is 0.00685 e. The van der Waals surface area contributed by atoms with Gasteiger partial charge in [0.05, 0.1) is 0 Å². The number of rotatable bonds is 0. The average molecular weight is 273 g/mol. The van der Waals surface area contributed by atoms with Crippen molar-refractivity contribution in [2.45, 2.75) is 0 Å². The third kappa shape index (κ3) is 2.36. The van der Waals surface area contributed by atoms with Crippen molar-refractivity contribution in [3.63, 3.8) is 0 Å². The SMILES string of the molecule is [Zn+][Br].[c-]1cccc2ncccc12. The molecule has 1 heterocycles. The van der Waals surface area contributed by atoms with Crippen LogP contribution in [-0.2, 0) is 16.3 Å². The van der Waals surface area contributed by atoms with Gasteiger partial charge in [0.1, 0.15) is 0 Å². The van der Waals surface area contributed by atoms with Gasteiger partial charge in [-0.25, -0.2) is 0 Å². The smallest absolute Gasteiger partial charge is 0.00685 e. The Balaban J connectivity index is 0.000000336. The Morgan fingerprint density at radius 3 is 2.83 bits per heavy atom. The van der Waals surface area contributed by atoms with Crippen LogP contribution in [0.1, 0.15) is 0 Å². The van der Waals surface area contributed by atoms with Gasteiger partial charge in [-0.15, -0.1) is 35.7 Å². The summed E-state index contributed by atoms with van der Waals surface area (Å²) in [5.41, 5.74) is 1.00. The summed E-state index contributed by atoms with van der Waals surface area (Å²) in [6.45, 7) is 0. The minimum Gasteiger partial charge on any atom is -0.306 e. The van der Waals surface area contributed by atoms with E-state index in [-0.39, 0.29) is 0 Å². The molecule has 0 saturated carbocycles. The molecule has 0 atom stereocenters. The van der Waals surface area contributed by atoms with Crippen LogP contribution in [0, 0.1) is 6.07 Å². The molecule has 0 spiro atoms. The van der Waals surface area contributed by atoms with Crippen LogP contribution in [0.15, 0.2) is 36.5 Å². The van der Waals surface area contributed by atoms with Crippen LogP contribution >= 0.6 is 13.6 Å². The van der Waals surface area contributed by atoms with E-state index in [2.05, 4.69) is 24.7 Å². The molecule has 0 bridgehead atoms. The van der Waals surface area contributed by atoms with E-state index in [4.69, 9.17) is 0 Å².